The zero-order valence-electron chi connectivity index (χ0n) is 15.5. The van der Waals surface area contributed by atoms with Gasteiger partial charge >= 0.3 is 0 Å². The summed E-state index contributed by atoms with van der Waals surface area (Å²) in [6.07, 6.45) is 1.30. The number of allylic oxidation sites excluding steroid dienone is 1. The predicted octanol–water partition coefficient (Wildman–Crippen LogP) is 3.56. The van der Waals surface area contributed by atoms with Crippen molar-refractivity contribution in [3.8, 4) is 16.5 Å². The van der Waals surface area contributed by atoms with Crippen molar-refractivity contribution >= 4 is 43.9 Å². The number of ether oxygens (including phenoxy) is 1. The van der Waals surface area contributed by atoms with Crippen molar-refractivity contribution in [2.24, 2.45) is 5.14 Å². The lowest BCUT2D eigenvalue weighted by Crippen LogP contribution is -2.36. The third-order valence-corrected chi connectivity index (χ3v) is 6.70. The van der Waals surface area contributed by atoms with E-state index in [1.165, 1.54) is 23.1 Å². The number of sulfonamides is 1. The van der Waals surface area contributed by atoms with Gasteiger partial charge in [-0.05, 0) is 52.7 Å². The van der Waals surface area contributed by atoms with E-state index < -0.39 is 14.9 Å². The average molecular weight is 426 g/mol. The van der Waals surface area contributed by atoms with Crippen LogP contribution in [0.25, 0.3) is 27.3 Å². The van der Waals surface area contributed by atoms with Gasteiger partial charge in [-0.3, -0.25) is 0 Å². The molecule has 1 aromatic heterocycles. The normalized spacial score (nSPS) is 15.4. The van der Waals surface area contributed by atoms with Gasteiger partial charge in [0.05, 0.1) is 13.2 Å². The number of anilines is 1. The van der Waals surface area contributed by atoms with Gasteiger partial charge in [-0.25, -0.2) is 13.6 Å². The van der Waals surface area contributed by atoms with Crippen molar-refractivity contribution in [1.29, 1.82) is 5.26 Å². The number of benzene rings is 2. The first-order valence-electron chi connectivity index (χ1n) is 9.05. The molecule has 0 atom stereocenters. The molecule has 29 heavy (non-hydrogen) atoms. The standard InChI is InChI=1S/C21H19N3O3S2/c22-14-20(29(23,25)26)13-19-5-6-21(28-19)17-2-1-16-12-18(4-3-15(16)11-17)24-7-9-27-10-8-24/h1-6,11-13H,7-10H2,(H2,23,25,26). The fourth-order valence-corrected chi connectivity index (χ4v) is 4.74. The van der Waals surface area contributed by atoms with E-state index in [1.54, 1.807) is 12.1 Å². The molecule has 0 spiro atoms. The Bertz CT molecular complexity index is 1230. The molecule has 3 aromatic rings. The molecular weight excluding hydrogens is 406 g/mol. The molecule has 0 saturated carbocycles. The molecule has 1 saturated heterocycles. The van der Waals surface area contributed by atoms with Gasteiger partial charge in [0.1, 0.15) is 6.07 Å². The Morgan fingerprint density at radius 1 is 1.10 bits per heavy atom. The number of morpholine rings is 1. The molecule has 4 rings (SSSR count). The highest BCUT2D eigenvalue weighted by Gasteiger charge is 2.13. The lowest BCUT2D eigenvalue weighted by molar-refractivity contribution is 0.122. The Labute approximate surface area is 173 Å². The van der Waals surface area contributed by atoms with E-state index in [-0.39, 0.29) is 0 Å². The van der Waals surface area contributed by atoms with Crippen molar-refractivity contribution < 1.29 is 13.2 Å². The van der Waals surface area contributed by atoms with Crippen molar-refractivity contribution in [1.82, 2.24) is 0 Å². The minimum absolute atomic E-state index is 0.444. The number of hydrogen-bond acceptors (Lipinski definition) is 6. The van der Waals surface area contributed by atoms with Crippen LogP contribution in [-0.4, -0.2) is 34.7 Å². The highest BCUT2D eigenvalue weighted by atomic mass is 32.2. The van der Waals surface area contributed by atoms with Crippen LogP contribution in [0.15, 0.2) is 53.4 Å². The quantitative estimate of drug-likeness (QED) is 0.645. The van der Waals surface area contributed by atoms with E-state index in [2.05, 4.69) is 41.3 Å². The predicted molar refractivity (Wildman–Crippen MR) is 117 cm³/mol. The van der Waals surface area contributed by atoms with Crippen molar-refractivity contribution in [3.63, 3.8) is 0 Å². The molecule has 8 heteroatoms. The summed E-state index contributed by atoms with van der Waals surface area (Å²) in [4.78, 5) is 3.53. The van der Waals surface area contributed by atoms with Crippen LogP contribution in [0.1, 0.15) is 4.88 Å². The number of fused-ring (bicyclic) bond motifs is 1. The summed E-state index contributed by atoms with van der Waals surface area (Å²) in [6.45, 7) is 3.31. The summed E-state index contributed by atoms with van der Waals surface area (Å²) < 4.78 is 28.2. The Kier molecular flexibility index (Phi) is 5.39. The number of hydrogen-bond donors (Lipinski definition) is 1. The number of nitriles is 1. The van der Waals surface area contributed by atoms with Crippen LogP contribution < -0.4 is 10.0 Å². The van der Waals surface area contributed by atoms with Crippen LogP contribution in [0.3, 0.4) is 0 Å². The molecule has 0 radical (unpaired) electrons. The highest BCUT2D eigenvalue weighted by Crippen LogP contribution is 2.33. The smallest absolute Gasteiger partial charge is 0.248 e. The zero-order valence-corrected chi connectivity index (χ0v) is 17.2. The first kappa shape index (κ1) is 19.6. The first-order valence-corrected chi connectivity index (χ1v) is 11.4. The summed E-state index contributed by atoms with van der Waals surface area (Å²) in [7, 11) is -4.02. The van der Waals surface area contributed by atoms with Gasteiger partial charge in [-0.2, -0.15) is 5.26 Å². The number of nitrogens with zero attached hydrogens (tertiary/aromatic N) is 2. The van der Waals surface area contributed by atoms with E-state index in [1.807, 2.05) is 6.07 Å². The van der Waals surface area contributed by atoms with Crippen LogP contribution in [0.4, 0.5) is 5.69 Å². The van der Waals surface area contributed by atoms with Crippen LogP contribution >= 0.6 is 11.3 Å². The van der Waals surface area contributed by atoms with Crippen molar-refractivity contribution in [3.05, 3.63) is 58.3 Å². The molecule has 148 valence electrons. The van der Waals surface area contributed by atoms with Gasteiger partial charge in [-0.1, -0.05) is 18.2 Å². The van der Waals surface area contributed by atoms with Gasteiger partial charge in [0.25, 0.3) is 0 Å². The second kappa shape index (κ2) is 7.97. The summed E-state index contributed by atoms with van der Waals surface area (Å²) in [5, 5.41) is 16.4. The van der Waals surface area contributed by atoms with Crippen LogP contribution in [0.2, 0.25) is 0 Å². The van der Waals surface area contributed by atoms with Gasteiger partial charge < -0.3 is 9.64 Å². The SMILES string of the molecule is N#CC(=Cc1ccc(-c2ccc3cc(N4CCOCC4)ccc3c2)s1)S(N)(=O)=O. The maximum absolute atomic E-state index is 11.4. The minimum Gasteiger partial charge on any atom is -0.378 e. The van der Waals surface area contributed by atoms with Crippen LogP contribution in [-0.2, 0) is 14.8 Å². The van der Waals surface area contributed by atoms with Crippen molar-refractivity contribution in [2.45, 2.75) is 0 Å². The third kappa shape index (κ3) is 4.33. The topological polar surface area (TPSA) is 96.4 Å². The van der Waals surface area contributed by atoms with E-state index in [4.69, 9.17) is 15.1 Å². The number of nitrogens with two attached hydrogens (primary N) is 1. The van der Waals surface area contributed by atoms with E-state index >= 15 is 0 Å². The Morgan fingerprint density at radius 3 is 2.55 bits per heavy atom. The molecular formula is C21H19N3O3S2. The molecule has 1 aliphatic heterocycles. The number of rotatable bonds is 4. The first-order chi connectivity index (χ1) is 13.9. The third-order valence-electron chi connectivity index (χ3n) is 4.80. The lowest BCUT2D eigenvalue weighted by atomic mass is 10.0. The maximum atomic E-state index is 11.4. The molecule has 2 N–H and O–H groups in total. The van der Waals surface area contributed by atoms with Crippen LogP contribution in [0, 0.1) is 11.3 Å². The molecule has 0 amide bonds. The summed E-state index contributed by atoms with van der Waals surface area (Å²) in [6, 6.07) is 18.0. The molecule has 0 bridgehead atoms. The fraction of sp³-hybridized carbons (Fsp3) is 0.190. The fourth-order valence-electron chi connectivity index (χ4n) is 3.30. The Morgan fingerprint density at radius 2 is 1.83 bits per heavy atom. The van der Waals surface area contributed by atoms with E-state index in [0.717, 1.165) is 47.5 Å². The second-order valence-electron chi connectivity index (χ2n) is 6.71. The second-order valence-corrected chi connectivity index (χ2v) is 9.36. The van der Waals surface area contributed by atoms with E-state index in [0.29, 0.717) is 4.88 Å². The zero-order chi connectivity index (χ0) is 20.4. The molecule has 0 aliphatic carbocycles. The largest absolute Gasteiger partial charge is 0.378 e. The van der Waals surface area contributed by atoms with Crippen LogP contribution in [0.5, 0.6) is 0 Å². The molecule has 6 nitrogen and oxygen atoms in total. The van der Waals surface area contributed by atoms with E-state index in [9.17, 15) is 8.42 Å². The molecule has 0 unspecified atom stereocenters. The van der Waals surface area contributed by atoms with Gasteiger partial charge in [0, 0.05) is 28.5 Å². The average Bonchev–Trinajstić information content (AvgIpc) is 3.20. The monoisotopic (exact) mass is 425 g/mol. The Hall–Kier alpha value is -2.70. The molecule has 2 heterocycles. The highest BCUT2D eigenvalue weighted by molar-refractivity contribution is 7.93. The van der Waals surface area contributed by atoms with Crippen molar-refractivity contribution in [2.75, 3.05) is 31.2 Å². The molecule has 1 fully saturated rings. The van der Waals surface area contributed by atoms with Gasteiger partial charge in [0.2, 0.25) is 10.0 Å². The van der Waals surface area contributed by atoms with Gasteiger partial charge in [0.15, 0.2) is 4.91 Å². The number of thiophene rings is 1. The number of primary sulfonamides is 1. The minimum atomic E-state index is -4.02. The molecule has 1 aliphatic rings. The maximum Gasteiger partial charge on any atom is 0.248 e. The molecule has 2 aromatic carbocycles. The van der Waals surface area contributed by atoms with Gasteiger partial charge in [-0.15, -0.1) is 11.3 Å². The Balaban J connectivity index is 1.63. The summed E-state index contributed by atoms with van der Waals surface area (Å²) >= 11 is 1.41. The summed E-state index contributed by atoms with van der Waals surface area (Å²) in [5.74, 6) is 0. The summed E-state index contributed by atoms with van der Waals surface area (Å²) in [5.41, 5.74) is 2.24. The lowest BCUT2D eigenvalue weighted by Gasteiger charge is -2.29.